The molecule has 0 aliphatic carbocycles. The molecule has 1 aromatic heterocycles. The molecular weight excluding hydrogens is 288 g/mol. The molecule has 2 N–H and O–H groups in total. The SMILES string of the molecule is O=C(O)c1cc(Nc2nccc3ccccc23)ccc1Cl. The van der Waals surface area contributed by atoms with Gasteiger partial charge in [-0.25, -0.2) is 9.78 Å². The number of carbonyl (C=O) groups is 1. The third kappa shape index (κ3) is 2.66. The Hall–Kier alpha value is -2.59. The summed E-state index contributed by atoms with van der Waals surface area (Å²) in [6.07, 6.45) is 1.71. The maximum Gasteiger partial charge on any atom is 0.337 e. The fourth-order valence-electron chi connectivity index (χ4n) is 2.12. The van der Waals surface area contributed by atoms with Crippen LogP contribution in [0.3, 0.4) is 0 Å². The van der Waals surface area contributed by atoms with Crippen LogP contribution in [-0.2, 0) is 0 Å². The van der Waals surface area contributed by atoms with Gasteiger partial charge in [0.1, 0.15) is 5.82 Å². The lowest BCUT2D eigenvalue weighted by Gasteiger charge is -2.10. The Morgan fingerprint density at radius 3 is 2.76 bits per heavy atom. The maximum absolute atomic E-state index is 11.1. The van der Waals surface area contributed by atoms with Gasteiger partial charge in [0, 0.05) is 17.3 Å². The van der Waals surface area contributed by atoms with Gasteiger partial charge >= 0.3 is 5.97 Å². The number of anilines is 2. The average molecular weight is 299 g/mol. The van der Waals surface area contributed by atoms with Gasteiger partial charge in [0.2, 0.25) is 0 Å². The minimum Gasteiger partial charge on any atom is -0.478 e. The zero-order valence-corrected chi connectivity index (χ0v) is 11.6. The normalized spacial score (nSPS) is 10.5. The molecule has 0 spiro atoms. The van der Waals surface area contributed by atoms with Crippen LogP contribution in [0.25, 0.3) is 10.8 Å². The van der Waals surface area contributed by atoms with E-state index in [1.54, 1.807) is 18.3 Å². The van der Waals surface area contributed by atoms with E-state index in [4.69, 9.17) is 16.7 Å². The molecule has 1 heterocycles. The maximum atomic E-state index is 11.1. The standard InChI is InChI=1S/C16H11ClN2O2/c17-14-6-5-11(9-13(14)16(20)21)19-15-12-4-2-1-3-10(12)7-8-18-15/h1-9H,(H,18,19)(H,20,21). The molecule has 0 saturated heterocycles. The molecule has 0 fully saturated rings. The lowest BCUT2D eigenvalue weighted by Crippen LogP contribution is -2.00. The van der Waals surface area contributed by atoms with Crippen molar-refractivity contribution in [3.63, 3.8) is 0 Å². The van der Waals surface area contributed by atoms with Crippen molar-refractivity contribution in [3.05, 3.63) is 65.3 Å². The molecule has 4 nitrogen and oxygen atoms in total. The fraction of sp³-hybridized carbons (Fsp3) is 0. The van der Waals surface area contributed by atoms with Gasteiger partial charge in [0.05, 0.1) is 10.6 Å². The van der Waals surface area contributed by atoms with Crippen LogP contribution in [0, 0.1) is 0 Å². The highest BCUT2D eigenvalue weighted by molar-refractivity contribution is 6.33. The van der Waals surface area contributed by atoms with Crippen LogP contribution < -0.4 is 5.32 Å². The molecule has 0 saturated carbocycles. The second-order valence-corrected chi connectivity index (χ2v) is 4.91. The summed E-state index contributed by atoms with van der Waals surface area (Å²) in [6.45, 7) is 0. The Balaban J connectivity index is 2.03. The highest BCUT2D eigenvalue weighted by Gasteiger charge is 2.10. The second kappa shape index (κ2) is 5.42. The molecule has 0 amide bonds. The predicted octanol–water partition coefficient (Wildman–Crippen LogP) is 4.33. The van der Waals surface area contributed by atoms with Crippen molar-refractivity contribution in [3.8, 4) is 0 Å². The molecule has 5 heteroatoms. The molecule has 0 unspecified atom stereocenters. The minimum atomic E-state index is -1.06. The number of aromatic carboxylic acids is 1. The minimum absolute atomic E-state index is 0.0573. The molecule has 3 rings (SSSR count). The zero-order valence-electron chi connectivity index (χ0n) is 10.9. The Morgan fingerprint density at radius 1 is 1.14 bits per heavy atom. The summed E-state index contributed by atoms with van der Waals surface area (Å²) in [5.74, 6) is -0.388. The molecule has 0 bridgehead atoms. The van der Waals surface area contributed by atoms with E-state index in [0.717, 1.165) is 10.8 Å². The van der Waals surface area contributed by atoms with Crippen molar-refractivity contribution in [2.75, 3.05) is 5.32 Å². The lowest BCUT2D eigenvalue weighted by molar-refractivity contribution is 0.0697. The summed E-state index contributed by atoms with van der Waals surface area (Å²) in [6, 6.07) is 14.5. The van der Waals surface area contributed by atoms with Crippen LogP contribution >= 0.6 is 11.6 Å². The third-order valence-electron chi connectivity index (χ3n) is 3.13. The number of benzene rings is 2. The third-order valence-corrected chi connectivity index (χ3v) is 3.46. The van der Waals surface area contributed by atoms with E-state index in [2.05, 4.69) is 10.3 Å². The molecule has 3 aromatic rings. The number of nitrogens with one attached hydrogen (secondary N) is 1. The van der Waals surface area contributed by atoms with Crippen LogP contribution in [0.15, 0.2) is 54.7 Å². The largest absolute Gasteiger partial charge is 0.478 e. The smallest absolute Gasteiger partial charge is 0.337 e. The van der Waals surface area contributed by atoms with Crippen molar-refractivity contribution in [1.82, 2.24) is 4.98 Å². The van der Waals surface area contributed by atoms with E-state index in [1.165, 1.54) is 6.07 Å². The van der Waals surface area contributed by atoms with Gasteiger partial charge in [-0.15, -0.1) is 0 Å². The number of carboxylic acid groups (broad SMARTS) is 1. The van der Waals surface area contributed by atoms with Gasteiger partial charge in [0.25, 0.3) is 0 Å². The van der Waals surface area contributed by atoms with E-state index in [9.17, 15) is 4.79 Å². The topological polar surface area (TPSA) is 62.2 Å². The first-order chi connectivity index (χ1) is 10.1. The van der Waals surface area contributed by atoms with Crippen molar-refractivity contribution in [2.24, 2.45) is 0 Å². The Labute approximate surface area is 126 Å². The van der Waals surface area contributed by atoms with Gasteiger partial charge in [-0.05, 0) is 29.7 Å². The predicted molar refractivity (Wildman–Crippen MR) is 83.4 cm³/mol. The monoisotopic (exact) mass is 298 g/mol. The number of hydrogen-bond acceptors (Lipinski definition) is 3. The first kappa shape index (κ1) is 13.4. The second-order valence-electron chi connectivity index (χ2n) is 4.51. The molecule has 0 aliphatic heterocycles. The zero-order chi connectivity index (χ0) is 14.8. The number of aromatic nitrogens is 1. The summed E-state index contributed by atoms with van der Waals surface area (Å²) in [5, 5.41) is 14.5. The lowest BCUT2D eigenvalue weighted by atomic mass is 10.1. The number of nitrogens with zero attached hydrogens (tertiary/aromatic N) is 1. The van der Waals surface area contributed by atoms with Crippen molar-refractivity contribution < 1.29 is 9.90 Å². The Morgan fingerprint density at radius 2 is 1.95 bits per heavy atom. The van der Waals surface area contributed by atoms with E-state index < -0.39 is 5.97 Å². The number of fused-ring (bicyclic) bond motifs is 1. The van der Waals surface area contributed by atoms with E-state index in [1.807, 2.05) is 30.3 Å². The van der Waals surface area contributed by atoms with Crippen LogP contribution in [-0.4, -0.2) is 16.1 Å². The molecule has 104 valence electrons. The van der Waals surface area contributed by atoms with Gasteiger partial charge in [0.15, 0.2) is 0 Å². The van der Waals surface area contributed by atoms with Crippen LogP contribution in [0.1, 0.15) is 10.4 Å². The van der Waals surface area contributed by atoms with Crippen molar-refractivity contribution in [1.29, 1.82) is 0 Å². The van der Waals surface area contributed by atoms with Gasteiger partial charge < -0.3 is 10.4 Å². The summed E-state index contributed by atoms with van der Waals surface area (Å²) >= 11 is 5.87. The van der Waals surface area contributed by atoms with Crippen LogP contribution in [0.2, 0.25) is 5.02 Å². The van der Waals surface area contributed by atoms with E-state index in [0.29, 0.717) is 11.5 Å². The number of pyridine rings is 1. The highest BCUT2D eigenvalue weighted by atomic mass is 35.5. The van der Waals surface area contributed by atoms with Crippen LogP contribution in [0.4, 0.5) is 11.5 Å². The number of halogens is 1. The first-order valence-corrected chi connectivity index (χ1v) is 6.66. The summed E-state index contributed by atoms with van der Waals surface area (Å²) in [7, 11) is 0. The van der Waals surface area contributed by atoms with Crippen LogP contribution in [0.5, 0.6) is 0 Å². The summed E-state index contributed by atoms with van der Waals surface area (Å²) in [4.78, 5) is 15.4. The number of carboxylic acids is 1. The van der Waals surface area contributed by atoms with Gasteiger partial charge in [-0.2, -0.15) is 0 Å². The Kier molecular flexibility index (Phi) is 3.46. The molecule has 2 aromatic carbocycles. The van der Waals surface area contributed by atoms with Gasteiger partial charge in [-0.1, -0.05) is 35.9 Å². The van der Waals surface area contributed by atoms with Crippen molar-refractivity contribution >= 4 is 39.8 Å². The Bertz CT molecular complexity index is 828. The first-order valence-electron chi connectivity index (χ1n) is 6.29. The molecule has 0 atom stereocenters. The van der Waals surface area contributed by atoms with E-state index >= 15 is 0 Å². The van der Waals surface area contributed by atoms with E-state index in [-0.39, 0.29) is 10.6 Å². The summed E-state index contributed by atoms with van der Waals surface area (Å²) < 4.78 is 0. The molecule has 21 heavy (non-hydrogen) atoms. The molecule has 0 aliphatic rings. The average Bonchev–Trinajstić information content (AvgIpc) is 2.49. The molecular formula is C16H11ClN2O2. The number of hydrogen-bond donors (Lipinski definition) is 2. The number of rotatable bonds is 3. The summed E-state index contributed by atoms with van der Waals surface area (Å²) in [5.41, 5.74) is 0.683. The molecule has 0 radical (unpaired) electrons. The highest BCUT2D eigenvalue weighted by Crippen LogP contribution is 2.26. The van der Waals surface area contributed by atoms with Crippen molar-refractivity contribution in [2.45, 2.75) is 0 Å². The fourth-order valence-corrected chi connectivity index (χ4v) is 2.32. The quantitative estimate of drug-likeness (QED) is 0.755. The van der Waals surface area contributed by atoms with Gasteiger partial charge in [-0.3, -0.25) is 0 Å².